The SMILES string of the molecule is C[C@@H](NC(=O)[C@H]1C[C@@H]1c1nc2ccccc2[nH]1)c1cc2cc(Cl)ccc2o1. The molecule has 2 heterocycles. The summed E-state index contributed by atoms with van der Waals surface area (Å²) in [5.41, 5.74) is 2.71. The molecule has 5 rings (SSSR count). The molecule has 0 bridgehead atoms. The van der Waals surface area contributed by atoms with Crippen molar-refractivity contribution in [3.63, 3.8) is 0 Å². The Kier molecular flexibility index (Phi) is 3.72. The van der Waals surface area contributed by atoms with Gasteiger partial charge in [-0.2, -0.15) is 0 Å². The number of hydrogen-bond donors (Lipinski definition) is 2. The Bertz CT molecular complexity index is 1130. The number of aromatic amines is 1. The number of furan rings is 1. The molecule has 1 aliphatic rings. The van der Waals surface area contributed by atoms with Crippen LogP contribution in [0.2, 0.25) is 5.02 Å². The van der Waals surface area contributed by atoms with Gasteiger partial charge < -0.3 is 14.7 Å². The summed E-state index contributed by atoms with van der Waals surface area (Å²) in [5, 5.41) is 4.66. The summed E-state index contributed by atoms with van der Waals surface area (Å²) in [7, 11) is 0. The zero-order valence-electron chi connectivity index (χ0n) is 14.7. The third kappa shape index (κ3) is 2.98. The molecule has 1 amide bonds. The normalized spacial score (nSPS) is 20.1. The molecule has 136 valence electrons. The Labute approximate surface area is 160 Å². The molecule has 27 heavy (non-hydrogen) atoms. The van der Waals surface area contributed by atoms with E-state index in [1.165, 1.54) is 0 Å². The zero-order chi connectivity index (χ0) is 18.5. The van der Waals surface area contributed by atoms with Crippen molar-refractivity contribution in [1.82, 2.24) is 15.3 Å². The molecule has 0 aliphatic heterocycles. The lowest BCUT2D eigenvalue weighted by Gasteiger charge is -2.11. The van der Waals surface area contributed by atoms with E-state index >= 15 is 0 Å². The highest BCUT2D eigenvalue weighted by Crippen LogP contribution is 2.47. The fourth-order valence-electron chi connectivity index (χ4n) is 3.57. The van der Waals surface area contributed by atoms with Crippen molar-refractivity contribution >= 4 is 39.5 Å². The highest BCUT2D eigenvalue weighted by atomic mass is 35.5. The van der Waals surface area contributed by atoms with Gasteiger partial charge >= 0.3 is 0 Å². The van der Waals surface area contributed by atoms with Crippen molar-refractivity contribution in [3.05, 3.63) is 65.1 Å². The van der Waals surface area contributed by atoms with Crippen LogP contribution in [-0.2, 0) is 4.79 Å². The Balaban J connectivity index is 1.28. The van der Waals surface area contributed by atoms with Crippen molar-refractivity contribution < 1.29 is 9.21 Å². The minimum absolute atomic E-state index is 0.0337. The minimum atomic E-state index is -0.208. The second kappa shape index (κ2) is 6.13. The quantitative estimate of drug-likeness (QED) is 0.527. The Morgan fingerprint density at radius 3 is 3.00 bits per heavy atom. The van der Waals surface area contributed by atoms with Crippen LogP contribution in [0.5, 0.6) is 0 Å². The number of carbonyl (C=O) groups is 1. The van der Waals surface area contributed by atoms with Crippen LogP contribution in [0.3, 0.4) is 0 Å². The predicted octanol–water partition coefficient (Wildman–Crippen LogP) is 4.94. The zero-order valence-corrected chi connectivity index (χ0v) is 15.5. The Morgan fingerprint density at radius 2 is 2.15 bits per heavy atom. The van der Waals surface area contributed by atoms with Crippen LogP contribution in [0, 0.1) is 5.92 Å². The molecule has 2 aromatic carbocycles. The maximum absolute atomic E-state index is 12.6. The molecule has 5 nitrogen and oxygen atoms in total. The Hall–Kier alpha value is -2.79. The van der Waals surface area contributed by atoms with Gasteiger partial charge in [0.15, 0.2) is 0 Å². The van der Waals surface area contributed by atoms with Gasteiger partial charge in [-0.1, -0.05) is 23.7 Å². The number of nitrogens with one attached hydrogen (secondary N) is 2. The summed E-state index contributed by atoms with van der Waals surface area (Å²) in [6.07, 6.45) is 0.814. The lowest BCUT2D eigenvalue weighted by molar-refractivity contribution is -0.123. The first-order chi connectivity index (χ1) is 13.1. The van der Waals surface area contributed by atoms with Gasteiger partial charge in [0.05, 0.1) is 17.1 Å². The predicted molar refractivity (Wildman–Crippen MR) is 105 cm³/mol. The van der Waals surface area contributed by atoms with Gasteiger partial charge in [-0.15, -0.1) is 0 Å². The smallest absolute Gasteiger partial charge is 0.224 e. The fraction of sp³-hybridized carbons (Fsp3) is 0.238. The topological polar surface area (TPSA) is 70.9 Å². The van der Waals surface area contributed by atoms with Crippen molar-refractivity contribution in [2.75, 3.05) is 0 Å². The van der Waals surface area contributed by atoms with Crippen LogP contribution in [0.4, 0.5) is 0 Å². The molecule has 3 atom stereocenters. The molecule has 6 heteroatoms. The molecular weight excluding hydrogens is 362 g/mol. The molecule has 1 fully saturated rings. The summed E-state index contributed by atoms with van der Waals surface area (Å²) in [4.78, 5) is 20.6. The van der Waals surface area contributed by atoms with Gasteiger partial charge in [-0.05, 0) is 49.7 Å². The monoisotopic (exact) mass is 379 g/mol. The van der Waals surface area contributed by atoms with Gasteiger partial charge in [0.2, 0.25) is 5.91 Å². The van der Waals surface area contributed by atoms with Crippen LogP contribution in [0.1, 0.15) is 36.9 Å². The summed E-state index contributed by atoms with van der Waals surface area (Å²) >= 11 is 6.02. The highest BCUT2D eigenvalue weighted by Gasteiger charge is 2.46. The summed E-state index contributed by atoms with van der Waals surface area (Å²) in [5.74, 6) is 1.75. The molecule has 0 radical (unpaired) electrons. The van der Waals surface area contributed by atoms with E-state index < -0.39 is 0 Å². The molecular formula is C21H18ClN3O2. The number of benzene rings is 2. The number of aromatic nitrogens is 2. The number of H-pyrrole nitrogens is 1. The number of rotatable bonds is 4. The standard InChI is InChI=1S/C21H18ClN3O2/c1-11(19-9-12-8-13(22)6-7-18(12)27-19)23-21(26)15-10-14(15)20-24-16-4-2-3-5-17(16)25-20/h2-9,11,14-15H,10H2,1H3,(H,23,26)(H,24,25)/t11-,14+,15+/m1/s1. The van der Waals surface area contributed by atoms with Crippen molar-refractivity contribution in [2.24, 2.45) is 5.92 Å². The van der Waals surface area contributed by atoms with Crippen LogP contribution in [0.25, 0.3) is 22.0 Å². The van der Waals surface area contributed by atoms with Crippen molar-refractivity contribution in [3.8, 4) is 0 Å². The number of para-hydroxylation sites is 2. The minimum Gasteiger partial charge on any atom is -0.459 e. The average Bonchev–Trinajstić information content (AvgIpc) is 3.16. The van der Waals surface area contributed by atoms with E-state index in [-0.39, 0.29) is 23.8 Å². The van der Waals surface area contributed by atoms with Crippen molar-refractivity contribution in [2.45, 2.75) is 25.3 Å². The van der Waals surface area contributed by atoms with E-state index in [0.717, 1.165) is 40.0 Å². The van der Waals surface area contributed by atoms with Crippen molar-refractivity contribution in [1.29, 1.82) is 0 Å². The fourth-order valence-corrected chi connectivity index (χ4v) is 3.76. The number of carbonyl (C=O) groups excluding carboxylic acids is 1. The van der Waals surface area contributed by atoms with Crippen LogP contribution in [-0.4, -0.2) is 15.9 Å². The first kappa shape index (κ1) is 16.4. The third-order valence-corrected chi connectivity index (χ3v) is 5.40. The van der Waals surface area contributed by atoms with E-state index in [1.807, 2.05) is 49.4 Å². The number of imidazole rings is 1. The van der Waals surface area contributed by atoms with E-state index in [9.17, 15) is 4.79 Å². The second-order valence-electron chi connectivity index (χ2n) is 7.15. The summed E-state index contributed by atoms with van der Waals surface area (Å²) in [6.45, 7) is 1.93. The van der Waals surface area contributed by atoms with Crippen LogP contribution >= 0.6 is 11.6 Å². The van der Waals surface area contributed by atoms with E-state index in [1.54, 1.807) is 6.07 Å². The van der Waals surface area contributed by atoms with Gasteiger partial charge in [0.1, 0.15) is 17.2 Å². The molecule has 2 aromatic heterocycles. The molecule has 1 saturated carbocycles. The third-order valence-electron chi connectivity index (χ3n) is 5.17. The number of hydrogen-bond acceptors (Lipinski definition) is 3. The molecule has 0 saturated heterocycles. The van der Waals surface area contributed by atoms with Crippen LogP contribution < -0.4 is 5.32 Å². The largest absolute Gasteiger partial charge is 0.459 e. The summed E-state index contributed by atoms with van der Waals surface area (Å²) < 4.78 is 5.85. The van der Waals surface area contributed by atoms with E-state index in [2.05, 4.69) is 15.3 Å². The average molecular weight is 380 g/mol. The molecule has 4 aromatic rings. The highest BCUT2D eigenvalue weighted by molar-refractivity contribution is 6.31. The van der Waals surface area contributed by atoms with Gasteiger partial charge in [-0.3, -0.25) is 4.79 Å². The Morgan fingerprint density at radius 1 is 1.30 bits per heavy atom. The maximum atomic E-state index is 12.6. The summed E-state index contributed by atoms with van der Waals surface area (Å²) in [6, 6.07) is 15.1. The number of amides is 1. The lowest BCUT2D eigenvalue weighted by Crippen LogP contribution is -2.28. The van der Waals surface area contributed by atoms with Gasteiger partial charge in [-0.25, -0.2) is 4.98 Å². The van der Waals surface area contributed by atoms with Gasteiger partial charge in [0, 0.05) is 22.2 Å². The van der Waals surface area contributed by atoms with Gasteiger partial charge in [0.25, 0.3) is 0 Å². The number of fused-ring (bicyclic) bond motifs is 2. The van der Waals surface area contributed by atoms with E-state index in [4.69, 9.17) is 16.0 Å². The molecule has 0 unspecified atom stereocenters. The first-order valence-electron chi connectivity index (χ1n) is 9.02. The molecule has 2 N–H and O–H groups in total. The maximum Gasteiger partial charge on any atom is 0.224 e. The molecule has 1 aliphatic carbocycles. The van der Waals surface area contributed by atoms with E-state index in [0.29, 0.717) is 5.02 Å². The van der Waals surface area contributed by atoms with Crippen LogP contribution in [0.15, 0.2) is 52.9 Å². The molecule has 0 spiro atoms. The second-order valence-corrected chi connectivity index (χ2v) is 7.59. The number of halogens is 1. The number of nitrogens with zero attached hydrogens (tertiary/aromatic N) is 1. The first-order valence-corrected chi connectivity index (χ1v) is 9.40. The lowest BCUT2D eigenvalue weighted by atomic mass is 10.2.